The number of nitro groups is 1. The van der Waals surface area contributed by atoms with E-state index in [-0.39, 0.29) is 21.4 Å². The van der Waals surface area contributed by atoms with Crippen molar-refractivity contribution in [2.45, 2.75) is 26.2 Å². The first-order chi connectivity index (χ1) is 11.1. The van der Waals surface area contributed by atoms with Gasteiger partial charge in [0.1, 0.15) is 10.2 Å². The molecular weight excluding hydrogens is 380 g/mol. The van der Waals surface area contributed by atoms with E-state index in [2.05, 4.69) is 31.4 Å². The van der Waals surface area contributed by atoms with Gasteiger partial charge < -0.3 is 20.2 Å². The van der Waals surface area contributed by atoms with E-state index in [9.17, 15) is 14.9 Å². The van der Waals surface area contributed by atoms with Crippen molar-refractivity contribution in [3.63, 3.8) is 0 Å². The maximum absolute atomic E-state index is 12.4. The highest BCUT2D eigenvalue weighted by Gasteiger charge is 2.26. The fourth-order valence-corrected chi connectivity index (χ4v) is 2.55. The molecule has 0 aliphatic heterocycles. The molecule has 0 saturated heterocycles. The zero-order valence-electron chi connectivity index (χ0n) is 13.6. The Bertz CT molecular complexity index is 795. The summed E-state index contributed by atoms with van der Waals surface area (Å²) >= 11 is 3.02. The molecule has 0 saturated carbocycles. The van der Waals surface area contributed by atoms with Crippen molar-refractivity contribution in [3.8, 4) is 5.75 Å². The molecule has 0 spiro atoms. The number of benzene rings is 1. The summed E-state index contributed by atoms with van der Waals surface area (Å²) in [5.74, 6) is -0.483. The summed E-state index contributed by atoms with van der Waals surface area (Å²) in [5, 5.41) is 19.4. The molecule has 0 radical (unpaired) electrons. The van der Waals surface area contributed by atoms with Crippen LogP contribution in [0.4, 0.5) is 11.5 Å². The summed E-state index contributed by atoms with van der Waals surface area (Å²) in [6.07, 6.45) is 0. The highest BCUT2D eigenvalue weighted by molar-refractivity contribution is 9.10. The van der Waals surface area contributed by atoms with Gasteiger partial charge in [-0.05, 0) is 44.0 Å². The number of anilines is 1. The van der Waals surface area contributed by atoms with E-state index in [0.29, 0.717) is 11.4 Å². The maximum Gasteiger partial charge on any atom is 0.357 e. The van der Waals surface area contributed by atoms with Crippen LogP contribution in [0.1, 0.15) is 36.8 Å². The first-order valence-electron chi connectivity index (χ1n) is 7.03. The number of hydrogen-bond donors (Lipinski definition) is 2. The number of aromatic amines is 1. The number of carbonyl (C=O) groups excluding carboxylic acids is 1. The molecule has 1 aromatic carbocycles. The van der Waals surface area contributed by atoms with Gasteiger partial charge >= 0.3 is 5.82 Å². The van der Waals surface area contributed by atoms with Gasteiger partial charge in [-0.1, -0.05) is 31.9 Å². The summed E-state index contributed by atoms with van der Waals surface area (Å²) in [4.78, 5) is 22.6. The topological polar surface area (TPSA) is 110 Å². The molecule has 1 heterocycles. The molecule has 2 aromatic rings. The minimum Gasteiger partial charge on any atom is -0.495 e. The standard InChI is InChI=1S/C15H17BrN4O4/c1-15(2,3)8-5-6-10(24-4)9(7-8)17-14(21)12-11(16)13(19-18-12)20(22)23/h5-7H,1-4H3,(H,17,21)(H,18,19). The Balaban J connectivity index is 2.36. The second-order valence-corrected chi connectivity index (χ2v) is 6.90. The van der Waals surface area contributed by atoms with E-state index < -0.39 is 10.8 Å². The molecular formula is C15H17BrN4O4. The van der Waals surface area contributed by atoms with Gasteiger partial charge in [0.15, 0.2) is 5.69 Å². The lowest BCUT2D eigenvalue weighted by atomic mass is 9.87. The monoisotopic (exact) mass is 396 g/mol. The molecule has 8 nitrogen and oxygen atoms in total. The lowest BCUT2D eigenvalue weighted by molar-refractivity contribution is -0.390. The molecule has 0 aliphatic carbocycles. The average molecular weight is 397 g/mol. The van der Waals surface area contributed by atoms with E-state index in [1.54, 1.807) is 6.07 Å². The zero-order chi connectivity index (χ0) is 18.1. The number of methoxy groups -OCH3 is 1. The predicted octanol–water partition coefficient (Wildman–Crippen LogP) is 3.64. The number of aromatic nitrogens is 2. The molecule has 0 bridgehead atoms. The van der Waals surface area contributed by atoms with Crippen molar-refractivity contribution in [3.05, 3.63) is 44.0 Å². The summed E-state index contributed by atoms with van der Waals surface area (Å²) in [5.41, 5.74) is 1.25. The lowest BCUT2D eigenvalue weighted by Gasteiger charge is -2.21. The SMILES string of the molecule is COc1ccc(C(C)(C)C)cc1NC(=O)c1n[nH]c([N+](=O)[O-])c1Br. The quantitative estimate of drug-likeness (QED) is 0.605. The van der Waals surface area contributed by atoms with Gasteiger partial charge in [0.25, 0.3) is 5.91 Å². The number of nitrogens with one attached hydrogen (secondary N) is 2. The van der Waals surface area contributed by atoms with E-state index in [1.807, 2.05) is 32.9 Å². The van der Waals surface area contributed by atoms with Crippen LogP contribution in [0.5, 0.6) is 5.75 Å². The van der Waals surface area contributed by atoms with Crippen LogP contribution in [0.25, 0.3) is 0 Å². The Morgan fingerprint density at radius 1 is 1.42 bits per heavy atom. The van der Waals surface area contributed by atoms with Crippen molar-refractivity contribution < 1.29 is 14.5 Å². The van der Waals surface area contributed by atoms with Crippen LogP contribution < -0.4 is 10.1 Å². The molecule has 128 valence electrons. The maximum atomic E-state index is 12.4. The smallest absolute Gasteiger partial charge is 0.357 e. The number of carbonyl (C=O) groups is 1. The second-order valence-electron chi connectivity index (χ2n) is 6.11. The first-order valence-corrected chi connectivity index (χ1v) is 7.82. The zero-order valence-corrected chi connectivity index (χ0v) is 15.2. The number of nitrogens with zero attached hydrogens (tertiary/aromatic N) is 2. The molecule has 0 fully saturated rings. The highest BCUT2D eigenvalue weighted by atomic mass is 79.9. The number of halogens is 1. The number of rotatable bonds is 4. The minimum absolute atomic E-state index is 0.00376. The largest absolute Gasteiger partial charge is 0.495 e. The number of hydrogen-bond acceptors (Lipinski definition) is 5. The molecule has 1 amide bonds. The van der Waals surface area contributed by atoms with Gasteiger partial charge in [-0.2, -0.15) is 0 Å². The third kappa shape index (κ3) is 3.56. The van der Waals surface area contributed by atoms with Crippen LogP contribution in [0.15, 0.2) is 22.7 Å². The molecule has 0 unspecified atom stereocenters. The summed E-state index contributed by atoms with van der Waals surface area (Å²) in [6.45, 7) is 6.15. The number of ether oxygens (including phenoxy) is 1. The van der Waals surface area contributed by atoms with E-state index in [1.165, 1.54) is 7.11 Å². The molecule has 9 heteroatoms. The molecule has 1 aromatic heterocycles. The third-order valence-electron chi connectivity index (χ3n) is 3.40. The van der Waals surface area contributed by atoms with Gasteiger partial charge in [-0.15, -0.1) is 5.10 Å². The van der Waals surface area contributed by atoms with E-state index >= 15 is 0 Å². The van der Waals surface area contributed by atoms with Crippen LogP contribution in [0.3, 0.4) is 0 Å². The van der Waals surface area contributed by atoms with Crippen molar-refractivity contribution >= 4 is 33.3 Å². The Hall–Kier alpha value is -2.42. The van der Waals surface area contributed by atoms with Crippen molar-refractivity contribution in [2.75, 3.05) is 12.4 Å². The van der Waals surface area contributed by atoms with Gasteiger partial charge in [-0.3, -0.25) is 4.79 Å². The third-order valence-corrected chi connectivity index (χ3v) is 4.15. The number of amides is 1. The lowest BCUT2D eigenvalue weighted by Crippen LogP contribution is -2.16. The summed E-state index contributed by atoms with van der Waals surface area (Å²) in [7, 11) is 1.50. The predicted molar refractivity (Wildman–Crippen MR) is 92.6 cm³/mol. The van der Waals surface area contributed by atoms with Crippen LogP contribution >= 0.6 is 15.9 Å². The normalized spacial score (nSPS) is 11.2. The fraction of sp³-hybridized carbons (Fsp3) is 0.333. The Morgan fingerprint density at radius 3 is 2.58 bits per heavy atom. The van der Waals surface area contributed by atoms with Crippen LogP contribution in [-0.4, -0.2) is 28.1 Å². The van der Waals surface area contributed by atoms with Crippen LogP contribution in [-0.2, 0) is 5.41 Å². The second kappa shape index (κ2) is 6.60. The van der Waals surface area contributed by atoms with E-state index in [0.717, 1.165) is 5.56 Å². The van der Waals surface area contributed by atoms with Gasteiger partial charge in [0.05, 0.1) is 12.8 Å². The average Bonchev–Trinajstić information content (AvgIpc) is 2.88. The Labute approximate surface area is 146 Å². The number of H-pyrrole nitrogens is 1. The van der Waals surface area contributed by atoms with Gasteiger partial charge in [0.2, 0.25) is 0 Å². The molecule has 2 N–H and O–H groups in total. The Kier molecular flexibility index (Phi) is 4.93. The summed E-state index contributed by atoms with van der Waals surface area (Å²) in [6, 6.07) is 5.49. The van der Waals surface area contributed by atoms with Crippen molar-refractivity contribution in [1.82, 2.24) is 10.2 Å². The highest BCUT2D eigenvalue weighted by Crippen LogP contribution is 2.32. The van der Waals surface area contributed by atoms with Gasteiger partial charge in [0, 0.05) is 0 Å². The summed E-state index contributed by atoms with van der Waals surface area (Å²) < 4.78 is 5.26. The molecule has 0 aliphatic rings. The van der Waals surface area contributed by atoms with Crippen LogP contribution in [0, 0.1) is 10.1 Å². The van der Waals surface area contributed by atoms with Crippen molar-refractivity contribution in [1.29, 1.82) is 0 Å². The fourth-order valence-electron chi connectivity index (χ4n) is 2.04. The minimum atomic E-state index is -0.658. The van der Waals surface area contributed by atoms with E-state index in [4.69, 9.17) is 4.74 Å². The van der Waals surface area contributed by atoms with Crippen molar-refractivity contribution in [2.24, 2.45) is 0 Å². The Morgan fingerprint density at radius 2 is 2.08 bits per heavy atom. The molecule has 24 heavy (non-hydrogen) atoms. The molecule has 0 atom stereocenters. The van der Waals surface area contributed by atoms with Crippen LogP contribution in [0.2, 0.25) is 0 Å². The first kappa shape index (κ1) is 17.9. The molecule has 2 rings (SSSR count). The van der Waals surface area contributed by atoms with Gasteiger partial charge in [-0.25, -0.2) is 0 Å².